The van der Waals surface area contributed by atoms with Gasteiger partial charge in [0.1, 0.15) is 0 Å². The molecule has 1 aromatic rings. The summed E-state index contributed by atoms with van der Waals surface area (Å²) >= 11 is 6.28. The lowest BCUT2D eigenvalue weighted by atomic mass is 9.75. The maximum Gasteiger partial charge on any atom is 0.0471 e. The molecule has 3 heteroatoms. The average Bonchev–Trinajstić information content (AvgIpc) is 2.46. The van der Waals surface area contributed by atoms with Crippen LogP contribution in [-0.2, 0) is 6.54 Å². The second kappa shape index (κ2) is 5.72. The standard InChI is InChI=1S/C16H23ClN2/c17-16-9-15(6-5-13(16)10-18)19-8-7-12-3-1-2-4-14(12)11-19/h5-6,9,12,14H,1-4,7-8,10-11,18H2. The van der Waals surface area contributed by atoms with Gasteiger partial charge in [-0.2, -0.15) is 0 Å². The predicted molar refractivity (Wildman–Crippen MR) is 81.6 cm³/mol. The fourth-order valence-corrected chi connectivity index (χ4v) is 3.99. The van der Waals surface area contributed by atoms with Gasteiger partial charge in [-0.05, 0) is 42.4 Å². The van der Waals surface area contributed by atoms with E-state index in [1.165, 1.54) is 50.9 Å². The first kappa shape index (κ1) is 13.3. The highest BCUT2D eigenvalue weighted by Gasteiger charge is 2.31. The largest absolute Gasteiger partial charge is 0.371 e. The van der Waals surface area contributed by atoms with Gasteiger partial charge in [0.05, 0.1) is 0 Å². The number of piperidine rings is 1. The van der Waals surface area contributed by atoms with E-state index in [4.69, 9.17) is 17.3 Å². The lowest BCUT2D eigenvalue weighted by molar-refractivity contribution is 0.202. The molecule has 2 atom stereocenters. The van der Waals surface area contributed by atoms with Crippen LogP contribution in [0.4, 0.5) is 5.69 Å². The molecule has 1 saturated heterocycles. The zero-order valence-corrected chi connectivity index (χ0v) is 12.2. The van der Waals surface area contributed by atoms with Crippen LogP contribution in [-0.4, -0.2) is 13.1 Å². The molecule has 2 fully saturated rings. The van der Waals surface area contributed by atoms with Gasteiger partial charge < -0.3 is 10.6 Å². The lowest BCUT2D eigenvalue weighted by Crippen LogP contribution is -2.41. The molecule has 0 radical (unpaired) electrons. The smallest absolute Gasteiger partial charge is 0.0471 e. The Kier molecular flexibility index (Phi) is 3.99. The Morgan fingerprint density at radius 2 is 1.95 bits per heavy atom. The summed E-state index contributed by atoms with van der Waals surface area (Å²) in [6.07, 6.45) is 7.07. The van der Waals surface area contributed by atoms with Crippen LogP contribution in [0.15, 0.2) is 18.2 Å². The third-order valence-corrected chi connectivity index (χ3v) is 5.26. The molecule has 2 aliphatic rings. The summed E-state index contributed by atoms with van der Waals surface area (Å²) in [7, 11) is 0. The van der Waals surface area contributed by atoms with Crippen molar-refractivity contribution in [1.29, 1.82) is 0 Å². The van der Waals surface area contributed by atoms with Crippen LogP contribution in [0.3, 0.4) is 0 Å². The highest BCUT2D eigenvalue weighted by molar-refractivity contribution is 6.31. The molecule has 104 valence electrons. The van der Waals surface area contributed by atoms with Crippen molar-refractivity contribution in [2.75, 3.05) is 18.0 Å². The highest BCUT2D eigenvalue weighted by Crippen LogP contribution is 2.38. The molecule has 2 unspecified atom stereocenters. The Morgan fingerprint density at radius 1 is 1.16 bits per heavy atom. The van der Waals surface area contributed by atoms with Gasteiger partial charge in [0.2, 0.25) is 0 Å². The van der Waals surface area contributed by atoms with Gasteiger partial charge in [-0.3, -0.25) is 0 Å². The number of hydrogen-bond donors (Lipinski definition) is 1. The Hall–Kier alpha value is -0.730. The van der Waals surface area contributed by atoms with Crippen LogP contribution < -0.4 is 10.6 Å². The molecule has 1 aliphatic heterocycles. The predicted octanol–water partition coefficient (Wildman–Crippen LogP) is 3.82. The van der Waals surface area contributed by atoms with Crippen LogP contribution in [0, 0.1) is 11.8 Å². The van der Waals surface area contributed by atoms with E-state index < -0.39 is 0 Å². The maximum atomic E-state index is 6.28. The van der Waals surface area contributed by atoms with Crippen LogP contribution in [0.25, 0.3) is 0 Å². The zero-order valence-electron chi connectivity index (χ0n) is 11.4. The monoisotopic (exact) mass is 278 g/mol. The molecule has 1 aliphatic carbocycles. The van der Waals surface area contributed by atoms with Gasteiger partial charge in [0.25, 0.3) is 0 Å². The number of rotatable bonds is 2. The first-order valence-electron chi connectivity index (χ1n) is 7.51. The Bertz CT molecular complexity index is 446. The fraction of sp³-hybridized carbons (Fsp3) is 0.625. The third-order valence-electron chi connectivity index (χ3n) is 4.91. The Labute approximate surface area is 120 Å². The number of nitrogens with two attached hydrogens (primary N) is 1. The van der Waals surface area contributed by atoms with Crippen molar-refractivity contribution in [2.24, 2.45) is 17.6 Å². The average molecular weight is 279 g/mol. The van der Waals surface area contributed by atoms with Crippen molar-refractivity contribution in [2.45, 2.75) is 38.6 Å². The third kappa shape index (κ3) is 2.75. The van der Waals surface area contributed by atoms with E-state index in [9.17, 15) is 0 Å². The van der Waals surface area contributed by atoms with Gasteiger partial charge in [-0.1, -0.05) is 36.9 Å². The van der Waals surface area contributed by atoms with Crippen LogP contribution in [0.2, 0.25) is 5.02 Å². The molecular formula is C16H23ClN2. The maximum absolute atomic E-state index is 6.28. The van der Waals surface area contributed by atoms with E-state index in [0.717, 1.165) is 22.4 Å². The highest BCUT2D eigenvalue weighted by atomic mass is 35.5. The fourth-order valence-electron chi connectivity index (χ4n) is 3.73. The van der Waals surface area contributed by atoms with Crippen LogP contribution in [0.5, 0.6) is 0 Å². The number of nitrogens with zero attached hydrogens (tertiary/aromatic N) is 1. The van der Waals surface area contributed by atoms with Crippen LogP contribution in [0.1, 0.15) is 37.7 Å². The summed E-state index contributed by atoms with van der Waals surface area (Å²) in [5.41, 5.74) is 7.98. The summed E-state index contributed by atoms with van der Waals surface area (Å²) in [5, 5.41) is 0.811. The number of fused-ring (bicyclic) bond motifs is 1. The molecule has 0 bridgehead atoms. The summed E-state index contributed by atoms with van der Waals surface area (Å²) in [6.45, 7) is 2.91. The molecule has 1 aromatic carbocycles. The summed E-state index contributed by atoms with van der Waals surface area (Å²) in [4.78, 5) is 2.51. The minimum atomic E-state index is 0.518. The minimum absolute atomic E-state index is 0.518. The molecule has 0 aromatic heterocycles. The quantitative estimate of drug-likeness (QED) is 0.891. The summed E-state index contributed by atoms with van der Waals surface area (Å²) in [6, 6.07) is 6.34. The SMILES string of the molecule is NCc1ccc(N2CCC3CCCCC3C2)cc1Cl. The van der Waals surface area contributed by atoms with E-state index in [1.807, 2.05) is 0 Å². The van der Waals surface area contributed by atoms with E-state index in [0.29, 0.717) is 6.54 Å². The number of anilines is 1. The van der Waals surface area contributed by atoms with Crippen molar-refractivity contribution in [3.8, 4) is 0 Å². The van der Waals surface area contributed by atoms with Crippen molar-refractivity contribution in [3.63, 3.8) is 0 Å². The molecule has 0 amide bonds. The van der Waals surface area contributed by atoms with Crippen molar-refractivity contribution in [1.82, 2.24) is 0 Å². The van der Waals surface area contributed by atoms with Gasteiger partial charge in [-0.15, -0.1) is 0 Å². The Morgan fingerprint density at radius 3 is 2.68 bits per heavy atom. The van der Waals surface area contributed by atoms with Gasteiger partial charge in [0, 0.05) is 30.3 Å². The second-order valence-electron chi connectivity index (χ2n) is 6.02. The van der Waals surface area contributed by atoms with Crippen molar-refractivity contribution in [3.05, 3.63) is 28.8 Å². The first-order chi connectivity index (χ1) is 9.28. The molecule has 19 heavy (non-hydrogen) atoms. The second-order valence-corrected chi connectivity index (χ2v) is 6.43. The molecule has 2 nitrogen and oxygen atoms in total. The molecule has 2 N–H and O–H groups in total. The van der Waals surface area contributed by atoms with Gasteiger partial charge >= 0.3 is 0 Å². The van der Waals surface area contributed by atoms with Crippen molar-refractivity contribution < 1.29 is 0 Å². The Balaban J connectivity index is 1.74. The molecule has 3 rings (SSSR count). The lowest BCUT2D eigenvalue weighted by Gasteiger charge is -2.42. The normalized spacial score (nSPS) is 27.2. The van der Waals surface area contributed by atoms with Gasteiger partial charge in [-0.25, -0.2) is 0 Å². The molecule has 1 saturated carbocycles. The van der Waals surface area contributed by atoms with Crippen molar-refractivity contribution >= 4 is 17.3 Å². The first-order valence-corrected chi connectivity index (χ1v) is 7.89. The number of halogens is 1. The summed E-state index contributed by atoms with van der Waals surface area (Å²) < 4.78 is 0. The van der Waals surface area contributed by atoms with E-state index in [2.05, 4.69) is 23.1 Å². The molecule has 1 heterocycles. The topological polar surface area (TPSA) is 29.3 Å². The van der Waals surface area contributed by atoms with E-state index >= 15 is 0 Å². The number of hydrogen-bond acceptors (Lipinski definition) is 2. The van der Waals surface area contributed by atoms with Gasteiger partial charge in [0.15, 0.2) is 0 Å². The minimum Gasteiger partial charge on any atom is -0.371 e. The van der Waals surface area contributed by atoms with E-state index in [1.54, 1.807) is 0 Å². The number of benzene rings is 1. The molecular weight excluding hydrogens is 256 g/mol. The van der Waals surface area contributed by atoms with Crippen LogP contribution >= 0.6 is 11.6 Å². The zero-order chi connectivity index (χ0) is 13.2. The molecule has 0 spiro atoms. The summed E-state index contributed by atoms with van der Waals surface area (Å²) in [5.74, 6) is 1.87. The van der Waals surface area contributed by atoms with E-state index in [-0.39, 0.29) is 0 Å².